The van der Waals surface area contributed by atoms with Crippen LogP contribution in [0.1, 0.15) is 19.8 Å². The smallest absolute Gasteiger partial charge is 0.125 e. The Kier molecular flexibility index (Phi) is 5.65. The number of halogens is 1. The Balaban J connectivity index is 2.38. The van der Waals surface area contributed by atoms with Crippen LogP contribution in [0.25, 0.3) is 0 Å². The van der Waals surface area contributed by atoms with Gasteiger partial charge in [0.05, 0.1) is 0 Å². The summed E-state index contributed by atoms with van der Waals surface area (Å²) < 4.78 is 0.982. The minimum absolute atomic E-state index is 0.258. The summed E-state index contributed by atoms with van der Waals surface area (Å²) in [4.78, 5) is 4.22. The monoisotopic (exact) mass is 272 g/mol. The number of aliphatic hydroxyl groups excluding tert-OH is 1. The molecule has 0 fully saturated rings. The molecule has 84 valence electrons. The topological polar surface area (TPSA) is 45.1 Å². The second kappa shape index (κ2) is 6.80. The summed E-state index contributed by atoms with van der Waals surface area (Å²) in [6, 6.07) is 3.90. The summed E-state index contributed by atoms with van der Waals surface area (Å²) in [5.41, 5.74) is 0. The molecule has 0 saturated carbocycles. The summed E-state index contributed by atoms with van der Waals surface area (Å²) in [5.74, 6) is 1.40. The Morgan fingerprint density at radius 1 is 1.53 bits per heavy atom. The van der Waals surface area contributed by atoms with Gasteiger partial charge in [-0.3, -0.25) is 0 Å². The Morgan fingerprint density at radius 3 is 2.87 bits per heavy atom. The summed E-state index contributed by atoms with van der Waals surface area (Å²) in [6.07, 6.45) is 3.69. The molecule has 0 spiro atoms. The number of hydrogen-bond donors (Lipinski definition) is 2. The minimum atomic E-state index is 0.258. The van der Waals surface area contributed by atoms with E-state index in [-0.39, 0.29) is 6.61 Å². The predicted molar refractivity (Wildman–Crippen MR) is 65.9 cm³/mol. The molecular formula is C11H17BrN2O. The summed E-state index contributed by atoms with van der Waals surface area (Å²) in [6.45, 7) is 3.26. The van der Waals surface area contributed by atoms with Gasteiger partial charge in [-0.25, -0.2) is 4.98 Å². The molecule has 0 radical (unpaired) electrons. The molecule has 0 bridgehead atoms. The fourth-order valence-corrected chi connectivity index (χ4v) is 1.60. The van der Waals surface area contributed by atoms with Crippen LogP contribution >= 0.6 is 15.9 Å². The number of aliphatic hydroxyl groups is 1. The van der Waals surface area contributed by atoms with Gasteiger partial charge < -0.3 is 10.4 Å². The lowest BCUT2D eigenvalue weighted by molar-refractivity contribution is 0.258. The van der Waals surface area contributed by atoms with E-state index in [2.05, 4.69) is 33.2 Å². The molecular weight excluding hydrogens is 256 g/mol. The zero-order valence-electron chi connectivity index (χ0n) is 8.91. The van der Waals surface area contributed by atoms with Gasteiger partial charge >= 0.3 is 0 Å². The van der Waals surface area contributed by atoms with Crippen molar-refractivity contribution in [1.82, 2.24) is 4.98 Å². The number of pyridine rings is 1. The highest BCUT2D eigenvalue weighted by Crippen LogP contribution is 2.12. The first-order valence-electron chi connectivity index (χ1n) is 5.22. The predicted octanol–water partition coefficient (Wildman–Crippen LogP) is 2.66. The molecule has 0 aliphatic carbocycles. The number of nitrogens with zero attached hydrogens (tertiary/aromatic N) is 1. The van der Waals surface area contributed by atoms with Crippen LogP contribution < -0.4 is 5.32 Å². The average molecular weight is 273 g/mol. The fraction of sp³-hybridized carbons (Fsp3) is 0.545. The van der Waals surface area contributed by atoms with E-state index in [0.29, 0.717) is 5.92 Å². The molecule has 2 N–H and O–H groups in total. The van der Waals surface area contributed by atoms with E-state index in [1.54, 1.807) is 6.20 Å². The van der Waals surface area contributed by atoms with Gasteiger partial charge in [0.25, 0.3) is 0 Å². The van der Waals surface area contributed by atoms with Gasteiger partial charge in [-0.15, -0.1) is 0 Å². The maximum absolute atomic E-state index is 8.85. The highest BCUT2D eigenvalue weighted by molar-refractivity contribution is 9.10. The Hall–Kier alpha value is -0.610. The third kappa shape index (κ3) is 4.62. The number of rotatable bonds is 6. The molecule has 0 saturated heterocycles. The van der Waals surface area contributed by atoms with Crippen LogP contribution in [-0.2, 0) is 0 Å². The third-order valence-corrected chi connectivity index (χ3v) is 2.88. The Labute approximate surface area is 99.1 Å². The zero-order valence-corrected chi connectivity index (χ0v) is 10.5. The first-order valence-corrected chi connectivity index (χ1v) is 6.01. The van der Waals surface area contributed by atoms with Crippen LogP contribution in [0, 0.1) is 5.92 Å². The molecule has 0 aliphatic rings. The molecule has 1 heterocycles. The molecule has 1 aromatic rings. The molecule has 0 aromatic carbocycles. The van der Waals surface area contributed by atoms with Gasteiger partial charge in [0, 0.05) is 23.8 Å². The quantitative estimate of drug-likeness (QED) is 0.837. The van der Waals surface area contributed by atoms with Gasteiger partial charge in [-0.1, -0.05) is 13.3 Å². The minimum Gasteiger partial charge on any atom is -0.396 e. The molecule has 15 heavy (non-hydrogen) atoms. The van der Waals surface area contributed by atoms with Gasteiger partial charge in [0.1, 0.15) is 5.82 Å². The number of anilines is 1. The standard InChI is InChI=1S/C11H17BrN2O/c1-2-9(5-6-15)7-13-11-4-3-10(12)8-14-11/h3-4,8-9,15H,2,5-7H2,1H3,(H,13,14). The normalized spacial score (nSPS) is 12.5. The van der Waals surface area contributed by atoms with E-state index in [1.807, 2.05) is 12.1 Å². The number of nitrogens with one attached hydrogen (secondary N) is 1. The van der Waals surface area contributed by atoms with E-state index in [4.69, 9.17) is 5.11 Å². The number of hydrogen-bond acceptors (Lipinski definition) is 3. The van der Waals surface area contributed by atoms with E-state index in [0.717, 1.165) is 29.7 Å². The molecule has 1 atom stereocenters. The van der Waals surface area contributed by atoms with Crippen LogP contribution in [0.15, 0.2) is 22.8 Å². The van der Waals surface area contributed by atoms with Gasteiger partial charge in [-0.2, -0.15) is 0 Å². The zero-order chi connectivity index (χ0) is 11.1. The lowest BCUT2D eigenvalue weighted by Gasteiger charge is -2.14. The summed E-state index contributed by atoms with van der Waals surface area (Å²) in [7, 11) is 0. The molecule has 1 unspecified atom stereocenters. The number of aromatic nitrogens is 1. The lowest BCUT2D eigenvalue weighted by Crippen LogP contribution is -2.15. The van der Waals surface area contributed by atoms with Crippen molar-refractivity contribution in [3.8, 4) is 0 Å². The largest absolute Gasteiger partial charge is 0.396 e. The van der Waals surface area contributed by atoms with Crippen molar-refractivity contribution in [2.75, 3.05) is 18.5 Å². The van der Waals surface area contributed by atoms with E-state index in [9.17, 15) is 0 Å². The molecule has 0 amide bonds. The highest BCUT2D eigenvalue weighted by Gasteiger charge is 2.05. The van der Waals surface area contributed by atoms with Crippen molar-refractivity contribution in [3.05, 3.63) is 22.8 Å². The third-order valence-electron chi connectivity index (χ3n) is 2.41. The Bertz CT molecular complexity index is 276. The van der Waals surface area contributed by atoms with Gasteiger partial charge in [0.2, 0.25) is 0 Å². The van der Waals surface area contributed by atoms with Crippen LogP contribution in [0.2, 0.25) is 0 Å². The fourth-order valence-electron chi connectivity index (χ4n) is 1.36. The molecule has 1 aromatic heterocycles. The first-order chi connectivity index (χ1) is 7.26. The van der Waals surface area contributed by atoms with Crippen LogP contribution in [0.5, 0.6) is 0 Å². The van der Waals surface area contributed by atoms with Crippen LogP contribution in [-0.4, -0.2) is 23.2 Å². The van der Waals surface area contributed by atoms with Crippen molar-refractivity contribution in [1.29, 1.82) is 0 Å². The maximum Gasteiger partial charge on any atom is 0.125 e. The maximum atomic E-state index is 8.85. The molecule has 1 rings (SSSR count). The summed E-state index contributed by atoms with van der Waals surface area (Å²) >= 11 is 3.34. The van der Waals surface area contributed by atoms with Crippen LogP contribution in [0.4, 0.5) is 5.82 Å². The van der Waals surface area contributed by atoms with Crippen molar-refractivity contribution in [2.45, 2.75) is 19.8 Å². The second-order valence-corrected chi connectivity index (χ2v) is 4.44. The van der Waals surface area contributed by atoms with Gasteiger partial charge in [-0.05, 0) is 40.4 Å². The van der Waals surface area contributed by atoms with Crippen molar-refractivity contribution >= 4 is 21.7 Å². The molecule has 4 heteroatoms. The van der Waals surface area contributed by atoms with Crippen molar-refractivity contribution < 1.29 is 5.11 Å². The van der Waals surface area contributed by atoms with E-state index < -0.39 is 0 Å². The second-order valence-electron chi connectivity index (χ2n) is 3.53. The highest BCUT2D eigenvalue weighted by atomic mass is 79.9. The molecule has 0 aliphatic heterocycles. The van der Waals surface area contributed by atoms with Crippen molar-refractivity contribution in [2.24, 2.45) is 5.92 Å². The first kappa shape index (κ1) is 12.5. The van der Waals surface area contributed by atoms with E-state index >= 15 is 0 Å². The SMILES string of the molecule is CCC(CCO)CNc1ccc(Br)cn1. The van der Waals surface area contributed by atoms with Crippen molar-refractivity contribution in [3.63, 3.8) is 0 Å². The average Bonchev–Trinajstić information content (AvgIpc) is 2.26. The Morgan fingerprint density at radius 2 is 2.33 bits per heavy atom. The van der Waals surface area contributed by atoms with Gasteiger partial charge in [0.15, 0.2) is 0 Å². The summed E-state index contributed by atoms with van der Waals surface area (Å²) in [5, 5.41) is 12.1. The van der Waals surface area contributed by atoms with E-state index in [1.165, 1.54) is 0 Å². The van der Waals surface area contributed by atoms with Crippen LogP contribution in [0.3, 0.4) is 0 Å². The lowest BCUT2D eigenvalue weighted by atomic mass is 10.0. The molecule has 3 nitrogen and oxygen atoms in total.